The normalized spacial score (nSPS) is 10.6. The third-order valence-corrected chi connectivity index (χ3v) is 3.73. The fourth-order valence-corrected chi connectivity index (χ4v) is 2.52. The molecule has 0 fully saturated rings. The maximum absolute atomic E-state index is 12.1. The van der Waals surface area contributed by atoms with E-state index in [4.69, 9.17) is 0 Å². The number of aromatic nitrogens is 5. The number of hydrogen-bond acceptors (Lipinski definition) is 6. The molecule has 2 heterocycles. The molecule has 0 aliphatic heterocycles. The van der Waals surface area contributed by atoms with E-state index in [-0.39, 0.29) is 5.91 Å². The van der Waals surface area contributed by atoms with E-state index in [9.17, 15) is 4.79 Å². The molecule has 0 atom stereocenters. The number of carbonyl (C=O) groups excluding carboxylic acids is 1. The molecular weight excluding hydrogens is 288 g/mol. The summed E-state index contributed by atoms with van der Waals surface area (Å²) in [5.74, 6) is 0.503. The number of nitrogens with one attached hydrogen (secondary N) is 1. The van der Waals surface area contributed by atoms with Crippen LogP contribution in [0.1, 0.15) is 20.5 Å². The number of benzene rings is 1. The van der Waals surface area contributed by atoms with Gasteiger partial charge in [0.25, 0.3) is 5.91 Å². The van der Waals surface area contributed by atoms with Crippen LogP contribution in [-0.2, 0) is 0 Å². The summed E-state index contributed by atoms with van der Waals surface area (Å²) in [4.78, 5) is 16.8. The number of thiazole rings is 1. The van der Waals surface area contributed by atoms with Gasteiger partial charge in [0.1, 0.15) is 4.88 Å². The average molecular weight is 300 g/mol. The van der Waals surface area contributed by atoms with Crippen molar-refractivity contribution in [2.45, 2.75) is 13.8 Å². The zero-order valence-corrected chi connectivity index (χ0v) is 12.3. The minimum absolute atomic E-state index is 0.175. The molecule has 0 aliphatic carbocycles. The largest absolute Gasteiger partial charge is 0.321 e. The van der Waals surface area contributed by atoms with Crippen LogP contribution in [0.15, 0.2) is 30.5 Å². The smallest absolute Gasteiger partial charge is 0.267 e. The number of rotatable bonds is 3. The molecule has 7 nitrogen and oxygen atoms in total. The van der Waals surface area contributed by atoms with Crippen molar-refractivity contribution in [2.24, 2.45) is 0 Å². The first-order valence-electron chi connectivity index (χ1n) is 6.23. The molecule has 0 unspecified atom stereocenters. The van der Waals surface area contributed by atoms with E-state index in [0.717, 1.165) is 10.7 Å². The zero-order chi connectivity index (χ0) is 14.8. The first-order valence-corrected chi connectivity index (χ1v) is 7.04. The molecule has 3 aromatic rings. The van der Waals surface area contributed by atoms with Gasteiger partial charge in [-0.3, -0.25) is 4.79 Å². The SMILES string of the molecule is Cc1ncc(C(=O)Nc2cccc(-n3nnnc3C)c2)s1. The predicted molar refractivity (Wildman–Crippen MR) is 78.7 cm³/mol. The highest BCUT2D eigenvalue weighted by Crippen LogP contribution is 2.17. The van der Waals surface area contributed by atoms with Crippen molar-refractivity contribution < 1.29 is 4.79 Å². The standard InChI is InChI=1S/C13H12N6OS/c1-8-16-17-18-19(8)11-5-3-4-10(6-11)15-13(20)12-7-14-9(2)21-12/h3-7H,1-2H3,(H,15,20). The Balaban J connectivity index is 1.84. The lowest BCUT2D eigenvalue weighted by Crippen LogP contribution is -2.10. The molecule has 0 bridgehead atoms. The molecule has 8 heteroatoms. The molecule has 1 aromatic carbocycles. The van der Waals surface area contributed by atoms with Crippen LogP contribution in [0.25, 0.3) is 5.69 Å². The number of nitrogens with zero attached hydrogens (tertiary/aromatic N) is 5. The highest BCUT2D eigenvalue weighted by Gasteiger charge is 2.10. The lowest BCUT2D eigenvalue weighted by atomic mass is 10.2. The molecule has 0 saturated heterocycles. The second kappa shape index (κ2) is 5.41. The van der Waals surface area contributed by atoms with Crippen LogP contribution < -0.4 is 5.32 Å². The number of amides is 1. The van der Waals surface area contributed by atoms with E-state index in [0.29, 0.717) is 16.4 Å². The highest BCUT2D eigenvalue weighted by molar-refractivity contribution is 7.13. The summed E-state index contributed by atoms with van der Waals surface area (Å²) in [5, 5.41) is 15.1. The van der Waals surface area contributed by atoms with Crippen molar-refractivity contribution in [1.82, 2.24) is 25.2 Å². The highest BCUT2D eigenvalue weighted by atomic mass is 32.1. The Kier molecular flexibility index (Phi) is 3.44. The summed E-state index contributed by atoms with van der Waals surface area (Å²) in [6.07, 6.45) is 1.57. The molecule has 0 radical (unpaired) electrons. The lowest BCUT2D eigenvalue weighted by Gasteiger charge is -2.06. The molecule has 0 aliphatic rings. The fourth-order valence-electron chi connectivity index (χ4n) is 1.84. The second-order valence-corrected chi connectivity index (χ2v) is 5.62. The van der Waals surface area contributed by atoms with Gasteiger partial charge in [0.2, 0.25) is 0 Å². The minimum Gasteiger partial charge on any atom is -0.321 e. The molecule has 2 aromatic heterocycles. The molecule has 3 rings (SSSR count). The monoisotopic (exact) mass is 300 g/mol. The number of anilines is 1. The van der Waals surface area contributed by atoms with Crippen LogP contribution in [0.2, 0.25) is 0 Å². The van der Waals surface area contributed by atoms with Crippen molar-refractivity contribution in [3.05, 3.63) is 46.2 Å². The quantitative estimate of drug-likeness (QED) is 0.799. The van der Waals surface area contributed by atoms with E-state index >= 15 is 0 Å². The van der Waals surface area contributed by atoms with Gasteiger partial charge in [0, 0.05) is 5.69 Å². The minimum atomic E-state index is -0.175. The van der Waals surface area contributed by atoms with Gasteiger partial charge in [-0.2, -0.15) is 4.68 Å². The topological polar surface area (TPSA) is 85.6 Å². The first kappa shape index (κ1) is 13.4. The van der Waals surface area contributed by atoms with Crippen LogP contribution in [0.3, 0.4) is 0 Å². The number of tetrazole rings is 1. The average Bonchev–Trinajstić information content (AvgIpc) is 3.08. The Morgan fingerprint density at radius 1 is 1.33 bits per heavy atom. The van der Waals surface area contributed by atoms with E-state index in [2.05, 4.69) is 25.8 Å². The molecule has 0 spiro atoms. The Labute approximate surface area is 124 Å². The van der Waals surface area contributed by atoms with Gasteiger partial charge in [-0.05, 0) is 42.5 Å². The van der Waals surface area contributed by atoms with Crippen LogP contribution in [0.4, 0.5) is 5.69 Å². The Morgan fingerprint density at radius 2 is 2.19 bits per heavy atom. The molecule has 1 amide bonds. The summed E-state index contributed by atoms with van der Waals surface area (Å²) in [7, 11) is 0. The van der Waals surface area contributed by atoms with E-state index in [1.807, 2.05) is 38.1 Å². The summed E-state index contributed by atoms with van der Waals surface area (Å²) in [6, 6.07) is 7.34. The van der Waals surface area contributed by atoms with E-state index < -0.39 is 0 Å². The number of hydrogen-bond donors (Lipinski definition) is 1. The fraction of sp³-hybridized carbons (Fsp3) is 0.154. The zero-order valence-electron chi connectivity index (χ0n) is 11.4. The van der Waals surface area contributed by atoms with Crippen LogP contribution in [0.5, 0.6) is 0 Å². The molecule has 1 N–H and O–H groups in total. The Hall–Kier alpha value is -2.61. The van der Waals surface area contributed by atoms with Gasteiger partial charge in [0.05, 0.1) is 16.9 Å². The molecule has 0 saturated carbocycles. The van der Waals surface area contributed by atoms with E-state index in [1.54, 1.807) is 10.9 Å². The van der Waals surface area contributed by atoms with E-state index in [1.165, 1.54) is 11.3 Å². The molecule has 106 valence electrons. The lowest BCUT2D eigenvalue weighted by molar-refractivity contribution is 0.103. The maximum Gasteiger partial charge on any atom is 0.267 e. The van der Waals surface area contributed by atoms with Crippen molar-refractivity contribution in [2.75, 3.05) is 5.32 Å². The predicted octanol–water partition coefficient (Wildman–Crippen LogP) is 1.99. The summed E-state index contributed by atoms with van der Waals surface area (Å²) in [5.41, 5.74) is 1.47. The van der Waals surface area contributed by atoms with Gasteiger partial charge in [-0.15, -0.1) is 16.4 Å². The van der Waals surface area contributed by atoms with Crippen molar-refractivity contribution in [3.8, 4) is 5.69 Å². The summed E-state index contributed by atoms with van der Waals surface area (Å²) < 4.78 is 1.60. The molecular formula is C13H12N6OS. The Morgan fingerprint density at radius 3 is 2.86 bits per heavy atom. The van der Waals surface area contributed by atoms with Crippen molar-refractivity contribution in [1.29, 1.82) is 0 Å². The van der Waals surface area contributed by atoms with Gasteiger partial charge >= 0.3 is 0 Å². The molecule has 21 heavy (non-hydrogen) atoms. The number of carbonyl (C=O) groups is 1. The second-order valence-electron chi connectivity index (χ2n) is 4.39. The first-order chi connectivity index (χ1) is 10.1. The summed E-state index contributed by atoms with van der Waals surface area (Å²) >= 11 is 1.36. The Bertz CT molecular complexity index is 793. The van der Waals surface area contributed by atoms with Gasteiger partial charge in [-0.25, -0.2) is 4.98 Å². The van der Waals surface area contributed by atoms with Gasteiger partial charge < -0.3 is 5.32 Å². The van der Waals surface area contributed by atoms with Gasteiger partial charge in [0.15, 0.2) is 5.82 Å². The third kappa shape index (κ3) is 2.79. The maximum atomic E-state index is 12.1. The van der Waals surface area contributed by atoms with Crippen molar-refractivity contribution in [3.63, 3.8) is 0 Å². The van der Waals surface area contributed by atoms with Crippen molar-refractivity contribution >= 4 is 22.9 Å². The van der Waals surface area contributed by atoms with Gasteiger partial charge in [-0.1, -0.05) is 6.07 Å². The number of aryl methyl sites for hydroxylation is 2. The van der Waals surface area contributed by atoms with Crippen LogP contribution >= 0.6 is 11.3 Å². The van der Waals surface area contributed by atoms with Crippen LogP contribution in [0, 0.1) is 13.8 Å². The van der Waals surface area contributed by atoms with Crippen LogP contribution in [-0.4, -0.2) is 31.1 Å². The summed E-state index contributed by atoms with van der Waals surface area (Å²) in [6.45, 7) is 3.67. The third-order valence-electron chi connectivity index (χ3n) is 2.82.